The highest BCUT2D eigenvalue weighted by Gasteiger charge is 2.32. The summed E-state index contributed by atoms with van der Waals surface area (Å²) in [6, 6.07) is 5.95. The second-order valence-corrected chi connectivity index (χ2v) is 6.84. The molecule has 1 aliphatic rings. The highest BCUT2D eigenvalue weighted by molar-refractivity contribution is 5.95. The maximum Gasteiger partial charge on any atom is 0.293 e. The number of hydrogen-bond acceptors (Lipinski definition) is 4. The molecule has 1 heterocycles. The molecule has 0 aliphatic heterocycles. The molecular formula is C20H25FN2O3. The number of benzene rings is 1. The Balaban J connectivity index is 1.96. The third-order valence-corrected chi connectivity index (χ3v) is 5.07. The molecule has 3 rings (SSSR count). The van der Waals surface area contributed by atoms with Crippen molar-refractivity contribution in [3.63, 3.8) is 0 Å². The number of aliphatic hydroxyl groups is 1. The third-order valence-electron chi connectivity index (χ3n) is 5.07. The van der Waals surface area contributed by atoms with Gasteiger partial charge in [-0.15, -0.1) is 0 Å². The third kappa shape index (κ3) is 3.65. The van der Waals surface area contributed by atoms with Gasteiger partial charge >= 0.3 is 0 Å². The van der Waals surface area contributed by atoms with Crippen LogP contribution in [0, 0.1) is 5.82 Å². The minimum atomic E-state index is -0.926. The first kappa shape index (κ1) is 18.6. The summed E-state index contributed by atoms with van der Waals surface area (Å²) in [4.78, 5) is 14.9. The number of carbonyl (C=O) groups is 1. The molecule has 1 aromatic heterocycles. The van der Waals surface area contributed by atoms with Crippen LogP contribution >= 0.6 is 0 Å². The van der Waals surface area contributed by atoms with Crippen molar-refractivity contribution in [2.24, 2.45) is 0 Å². The van der Waals surface area contributed by atoms with E-state index >= 15 is 0 Å². The van der Waals surface area contributed by atoms with Gasteiger partial charge in [-0.3, -0.25) is 4.79 Å². The maximum atomic E-state index is 13.2. The number of halogens is 1. The van der Waals surface area contributed by atoms with E-state index in [1.807, 2.05) is 11.8 Å². The molecule has 1 unspecified atom stereocenters. The zero-order valence-electron chi connectivity index (χ0n) is 15.2. The summed E-state index contributed by atoms with van der Waals surface area (Å²) in [5, 5.41) is 14.3. The van der Waals surface area contributed by atoms with Crippen LogP contribution in [-0.2, 0) is 0 Å². The molecule has 1 aliphatic carbocycles. The van der Waals surface area contributed by atoms with Crippen molar-refractivity contribution in [3.05, 3.63) is 41.4 Å². The second-order valence-electron chi connectivity index (χ2n) is 6.84. The maximum absolute atomic E-state index is 13.2. The Kier molecular flexibility index (Phi) is 5.71. The molecule has 140 valence electrons. The zero-order valence-corrected chi connectivity index (χ0v) is 15.2. The summed E-state index contributed by atoms with van der Waals surface area (Å²) in [6.45, 7) is 4.11. The lowest BCUT2D eigenvalue weighted by atomic mass is 9.93. The van der Waals surface area contributed by atoms with Gasteiger partial charge in [-0.25, -0.2) is 4.39 Å². The molecule has 1 amide bonds. The Bertz CT molecular complexity index is 749. The van der Waals surface area contributed by atoms with Gasteiger partial charge in [-0.05, 0) is 51.0 Å². The van der Waals surface area contributed by atoms with Gasteiger partial charge in [0.1, 0.15) is 11.5 Å². The average Bonchev–Trinajstić information content (AvgIpc) is 3.09. The SMILES string of the molecule is CCN(C(=O)c1onc(-c2ccc(F)cc2)c1C(C)O)C1CCCCC1. The standard InChI is InChI=1S/C20H25FN2O3/c1-3-23(16-7-5-4-6-8-16)20(25)19-17(13(2)24)18(22-26-19)14-9-11-15(21)12-10-14/h9-13,16,24H,3-8H2,1-2H3. The van der Waals surface area contributed by atoms with E-state index in [1.54, 1.807) is 19.1 Å². The van der Waals surface area contributed by atoms with Crippen molar-refractivity contribution in [2.75, 3.05) is 6.54 Å². The van der Waals surface area contributed by atoms with Crippen LogP contribution in [0.4, 0.5) is 4.39 Å². The number of nitrogens with zero attached hydrogens (tertiary/aromatic N) is 2. The van der Waals surface area contributed by atoms with Gasteiger partial charge in [-0.1, -0.05) is 24.4 Å². The van der Waals surface area contributed by atoms with E-state index in [9.17, 15) is 14.3 Å². The van der Waals surface area contributed by atoms with E-state index in [2.05, 4.69) is 5.16 Å². The first-order valence-corrected chi connectivity index (χ1v) is 9.27. The van der Waals surface area contributed by atoms with Crippen molar-refractivity contribution in [1.29, 1.82) is 0 Å². The second kappa shape index (κ2) is 7.99. The molecule has 26 heavy (non-hydrogen) atoms. The first-order valence-electron chi connectivity index (χ1n) is 9.27. The summed E-state index contributed by atoms with van der Waals surface area (Å²) >= 11 is 0. The van der Waals surface area contributed by atoms with Gasteiger partial charge < -0.3 is 14.5 Å². The van der Waals surface area contributed by atoms with Crippen molar-refractivity contribution < 1.29 is 18.8 Å². The summed E-state index contributed by atoms with van der Waals surface area (Å²) in [7, 11) is 0. The average molecular weight is 360 g/mol. The van der Waals surface area contributed by atoms with E-state index in [4.69, 9.17) is 4.52 Å². The fourth-order valence-electron chi connectivity index (χ4n) is 3.75. The minimum absolute atomic E-state index is 0.0757. The summed E-state index contributed by atoms with van der Waals surface area (Å²) in [5.41, 5.74) is 1.34. The van der Waals surface area contributed by atoms with E-state index < -0.39 is 6.10 Å². The van der Waals surface area contributed by atoms with Gasteiger partial charge in [0.2, 0.25) is 5.76 Å². The van der Waals surface area contributed by atoms with Crippen LogP contribution in [0.25, 0.3) is 11.3 Å². The van der Waals surface area contributed by atoms with Crippen LogP contribution < -0.4 is 0 Å². The molecule has 5 nitrogen and oxygen atoms in total. The molecule has 0 radical (unpaired) electrons. The van der Waals surface area contributed by atoms with Gasteiger partial charge in [-0.2, -0.15) is 0 Å². The Morgan fingerprint density at radius 3 is 2.54 bits per heavy atom. The zero-order chi connectivity index (χ0) is 18.7. The Hall–Kier alpha value is -2.21. The molecule has 1 atom stereocenters. The van der Waals surface area contributed by atoms with Crippen LogP contribution in [0.1, 0.15) is 68.2 Å². The van der Waals surface area contributed by atoms with E-state index in [0.29, 0.717) is 23.4 Å². The van der Waals surface area contributed by atoms with Crippen LogP contribution in [0.15, 0.2) is 28.8 Å². The number of carbonyl (C=O) groups excluding carboxylic acids is 1. The lowest BCUT2D eigenvalue weighted by Crippen LogP contribution is -2.41. The van der Waals surface area contributed by atoms with Crippen molar-refractivity contribution in [2.45, 2.75) is 58.1 Å². The van der Waals surface area contributed by atoms with E-state index in [1.165, 1.54) is 18.6 Å². The van der Waals surface area contributed by atoms with Gasteiger partial charge in [0.15, 0.2) is 0 Å². The highest BCUT2D eigenvalue weighted by atomic mass is 19.1. The number of hydrogen-bond donors (Lipinski definition) is 1. The number of rotatable bonds is 5. The number of aliphatic hydroxyl groups excluding tert-OH is 1. The number of aromatic nitrogens is 1. The molecule has 0 bridgehead atoms. The van der Waals surface area contributed by atoms with Crippen molar-refractivity contribution in [3.8, 4) is 11.3 Å². The molecule has 6 heteroatoms. The molecule has 1 aromatic carbocycles. The first-order chi connectivity index (χ1) is 12.5. The van der Waals surface area contributed by atoms with Gasteiger partial charge in [0.05, 0.1) is 11.7 Å². The Labute approximate surface area is 152 Å². The molecule has 2 aromatic rings. The Morgan fingerprint density at radius 2 is 1.96 bits per heavy atom. The monoisotopic (exact) mass is 360 g/mol. The van der Waals surface area contributed by atoms with E-state index in [-0.39, 0.29) is 23.5 Å². The largest absolute Gasteiger partial charge is 0.388 e. The predicted octanol–water partition coefficient (Wildman–Crippen LogP) is 4.33. The molecule has 1 fully saturated rings. The molecule has 0 spiro atoms. The quantitative estimate of drug-likeness (QED) is 0.862. The minimum Gasteiger partial charge on any atom is -0.388 e. The summed E-state index contributed by atoms with van der Waals surface area (Å²) < 4.78 is 18.6. The molecule has 1 N–H and O–H groups in total. The van der Waals surface area contributed by atoms with Gasteiger partial charge in [0.25, 0.3) is 5.91 Å². The smallest absolute Gasteiger partial charge is 0.293 e. The van der Waals surface area contributed by atoms with Crippen LogP contribution in [-0.4, -0.2) is 33.7 Å². The predicted molar refractivity (Wildman–Crippen MR) is 96.1 cm³/mol. The lowest BCUT2D eigenvalue weighted by molar-refractivity contribution is 0.0598. The molecule has 0 saturated heterocycles. The molecule has 1 saturated carbocycles. The van der Waals surface area contributed by atoms with E-state index in [0.717, 1.165) is 25.7 Å². The fourth-order valence-corrected chi connectivity index (χ4v) is 3.75. The normalized spacial score (nSPS) is 16.5. The van der Waals surface area contributed by atoms with Crippen LogP contribution in [0.5, 0.6) is 0 Å². The van der Waals surface area contributed by atoms with Crippen LogP contribution in [0.3, 0.4) is 0 Å². The van der Waals surface area contributed by atoms with Crippen molar-refractivity contribution >= 4 is 5.91 Å². The molecular weight excluding hydrogens is 335 g/mol. The fraction of sp³-hybridized carbons (Fsp3) is 0.500. The summed E-state index contributed by atoms with van der Waals surface area (Å²) in [6.07, 6.45) is 4.50. The topological polar surface area (TPSA) is 66.6 Å². The van der Waals surface area contributed by atoms with Crippen molar-refractivity contribution in [1.82, 2.24) is 10.1 Å². The summed E-state index contributed by atoms with van der Waals surface area (Å²) in [5.74, 6) is -0.524. The Morgan fingerprint density at radius 1 is 1.31 bits per heavy atom. The van der Waals surface area contributed by atoms with Gasteiger partial charge in [0, 0.05) is 18.2 Å². The number of amides is 1. The van der Waals surface area contributed by atoms with Crippen LogP contribution in [0.2, 0.25) is 0 Å². The lowest BCUT2D eigenvalue weighted by Gasteiger charge is -2.33. The highest BCUT2D eigenvalue weighted by Crippen LogP contribution is 2.32.